The Morgan fingerprint density at radius 1 is 1.16 bits per heavy atom. The summed E-state index contributed by atoms with van der Waals surface area (Å²) in [6.45, 7) is 2.36. The third kappa shape index (κ3) is 5.42. The van der Waals surface area contributed by atoms with Crippen LogP contribution >= 0.6 is 0 Å². The van der Waals surface area contributed by atoms with Gasteiger partial charge in [-0.15, -0.1) is 0 Å². The average Bonchev–Trinajstić information content (AvgIpc) is 2.62. The summed E-state index contributed by atoms with van der Waals surface area (Å²) in [6.07, 6.45) is 1.49. The molecule has 3 N–H and O–H groups in total. The Morgan fingerprint density at radius 2 is 1.92 bits per heavy atom. The lowest BCUT2D eigenvalue weighted by atomic mass is 10.2. The highest BCUT2D eigenvalue weighted by Gasteiger charge is 2.09. The lowest BCUT2D eigenvalue weighted by molar-refractivity contribution is -0.118. The van der Waals surface area contributed by atoms with Gasteiger partial charge in [0, 0.05) is 5.69 Å². The molecule has 0 aromatic heterocycles. The van der Waals surface area contributed by atoms with E-state index in [-0.39, 0.29) is 12.5 Å². The summed E-state index contributed by atoms with van der Waals surface area (Å²) in [6, 6.07) is 12.3. The maximum Gasteiger partial charge on any atom is 0.262 e. The fraction of sp³-hybridized carbons (Fsp3) is 0.222. The highest BCUT2D eigenvalue weighted by atomic mass is 16.5. The maximum absolute atomic E-state index is 12.0. The monoisotopic (exact) mass is 343 g/mol. The summed E-state index contributed by atoms with van der Waals surface area (Å²) in [4.78, 5) is 12.0. The minimum atomic E-state index is -0.279. The number of hydrogen-bond donors (Lipinski definition) is 2. The van der Waals surface area contributed by atoms with Crippen LogP contribution in [-0.4, -0.2) is 32.4 Å². The molecule has 0 fully saturated rings. The Hall–Kier alpha value is -3.22. The summed E-state index contributed by atoms with van der Waals surface area (Å²) in [5.41, 5.74) is 1.43. The SMILES string of the molecule is CCOc1ccc(NC(=O)COc2ccc(/C=N\N)cc2OC)cc1. The number of nitrogens with two attached hydrogens (primary N) is 1. The molecular weight excluding hydrogens is 322 g/mol. The third-order valence-electron chi connectivity index (χ3n) is 3.22. The van der Waals surface area contributed by atoms with E-state index in [1.807, 2.05) is 6.92 Å². The van der Waals surface area contributed by atoms with Gasteiger partial charge < -0.3 is 25.4 Å². The fourth-order valence-corrected chi connectivity index (χ4v) is 2.11. The molecule has 0 unspecified atom stereocenters. The van der Waals surface area contributed by atoms with Gasteiger partial charge >= 0.3 is 0 Å². The molecule has 0 aliphatic heterocycles. The number of hydrogen-bond acceptors (Lipinski definition) is 6. The molecule has 2 aromatic carbocycles. The quantitative estimate of drug-likeness (QED) is 0.436. The van der Waals surface area contributed by atoms with Crippen LogP contribution in [0.2, 0.25) is 0 Å². The first-order valence-electron chi connectivity index (χ1n) is 7.73. The van der Waals surface area contributed by atoms with Crippen molar-refractivity contribution in [3.05, 3.63) is 48.0 Å². The minimum Gasteiger partial charge on any atom is -0.494 e. The number of rotatable bonds is 8. The highest BCUT2D eigenvalue weighted by molar-refractivity contribution is 5.92. The zero-order valence-corrected chi connectivity index (χ0v) is 14.2. The Morgan fingerprint density at radius 3 is 2.56 bits per heavy atom. The van der Waals surface area contributed by atoms with E-state index in [9.17, 15) is 4.79 Å². The molecule has 7 nitrogen and oxygen atoms in total. The van der Waals surface area contributed by atoms with E-state index in [1.54, 1.807) is 42.5 Å². The van der Waals surface area contributed by atoms with Crippen LogP contribution in [0, 0.1) is 0 Å². The molecule has 1 amide bonds. The molecule has 2 rings (SSSR count). The van der Waals surface area contributed by atoms with Crippen LogP contribution in [0.3, 0.4) is 0 Å². The molecule has 0 saturated carbocycles. The number of methoxy groups -OCH3 is 1. The first-order chi connectivity index (χ1) is 12.2. The summed E-state index contributed by atoms with van der Waals surface area (Å²) in [5.74, 6) is 6.55. The van der Waals surface area contributed by atoms with E-state index < -0.39 is 0 Å². The standard InChI is InChI=1S/C18H21N3O4/c1-3-24-15-7-5-14(6-8-15)21-18(22)12-25-16-9-4-13(11-20-19)10-17(16)23-2/h4-11H,3,12,19H2,1-2H3,(H,21,22)/b20-11-. The number of nitrogens with one attached hydrogen (secondary N) is 1. The molecular formula is C18H21N3O4. The molecule has 25 heavy (non-hydrogen) atoms. The predicted octanol–water partition coefficient (Wildman–Crippen LogP) is 2.40. The minimum absolute atomic E-state index is 0.145. The second-order valence-electron chi connectivity index (χ2n) is 4.98. The first-order valence-corrected chi connectivity index (χ1v) is 7.73. The van der Waals surface area contributed by atoms with Crippen molar-refractivity contribution in [3.8, 4) is 17.2 Å². The van der Waals surface area contributed by atoms with Crippen molar-refractivity contribution >= 4 is 17.8 Å². The molecule has 0 bridgehead atoms. The zero-order valence-electron chi connectivity index (χ0n) is 14.2. The van der Waals surface area contributed by atoms with Crippen molar-refractivity contribution < 1.29 is 19.0 Å². The van der Waals surface area contributed by atoms with Crippen molar-refractivity contribution in [2.45, 2.75) is 6.92 Å². The van der Waals surface area contributed by atoms with Crippen molar-refractivity contribution in [2.24, 2.45) is 10.9 Å². The van der Waals surface area contributed by atoms with Gasteiger partial charge in [0.1, 0.15) is 5.75 Å². The number of hydrazone groups is 1. The second-order valence-corrected chi connectivity index (χ2v) is 4.98. The Labute approximate surface area is 146 Å². The molecule has 0 aliphatic rings. The number of anilines is 1. The second kappa shape index (κ2) is 9.17. The number of nitrogens with zero attached hydrogens (tertiary/aromatic N) is 1. The van der Waals surface area contributed by atoms with Crippen molar-refractivity contribution in [3.63, 3.8) is 0 Å². The molecule has 0 aliphatic carbocycles. The normalized spacial score (nSPS) is 10.5. The lowest BCUT2D eigenvalue weighted by Gasteiger charge is -2.11. The van der Waals surface area contributed by atoms with Gasteiger partial charge in [-0.3, -0.25) is 4.79 Å². The smallest absolute Gasteiger partial charge is 0.262 e. The van der Waals surface area contributed by atoms with Crippen LogP contribution in [-0.2, 0) is 4.79 Å². The highest BCUT2D eigenvalue weighted by Crippen LogP contribution is 2.27. The zero-order chi connectivity index (χ0) is 18.1. The number of ether oxygens (including phenoxy) is 3. The van der Waals surface area contributed by atoms with Gasteiger partial charge in [-0.1, -0.05) is 0 Å². The van der Waals surface area contributed by atoms with E-state index in [4.69, 9.17) is 20.1 Å². The summed E-state index contributed by atoms with van der Waals surface area (Å²) < 4.78 is 16.1. The third-order valence-corrected chi connectivity index (χ3v) is 3.22. The molecule has 0 atom stereocenters. The Kier molecular flexibility index (Phi) is 6.65. The summed E-state index contributed by atoms with van der Waals surface area (Å²) in [7, 11) is 1.52. The maximum atomic E-state index is 12.0. The van der Waals surface area contributed by atoms with E-state index in [2.05, 4.69) is 10.4 Å². The topological polar surface area (TPSA) is 95.2 Å². The largest absolute Gasteiger partial charge is 0.494 e. The van der Waals surface area contributed by atoms with Gasteiger partial charge in [0.25, 0.3) is 5.91 Å². The molecule has 132 valence electrons. The van der Waals surface area contributed by atoms with Crippen LogP contribution in [0.5, 0.6) is 17.2 Å². The molecule has 7 heteroatoms. The van der Waals surface area contributed by atoms with Crippen LogP contribution < -0.4 is 25.4 Å². The molecule has 0 saturated heterocycles. The van der Waals surface area contributed by atoms with Crippen LogP contribution in [0.1, 0.15) is 12.5 Å². The van der Waals surface area contributed by atoms with E-state index in [1.165, 1.54) is 13.3 Å². The summed E-state index contributed by atoms with van der Waals surface area (Å²) >= 11 is 0. The van der Waals surface area contributed by atoms with Crippen LogP contribution in [0.25, 0.3) is 0 Å². The van der Waals surface area contributed by atoms with E-state index >= 15 is 0 Å². The van der Waals surface area contributed by atoms with Gasteiger partial charge in [0.15, 0.2) is 18.1 Å². The molecule has 2 aromatic rings. The summed E-state index contributed by atoms with van der Waals surface area (Å²) in [5, 5.41) is 6.21. The van der Waals surface area contributed by atoms with Gasteiger partial charge in [0.05, 0.1) is 19.9 Å². The molecule has 0 spiro atoms. The van der Waals surface area contributed by atoms with E-state index in [0.717, 1.165) is 11.3 Å². The number of amides is 1. The van der Waals surface area contributed by atoms with Crippen molar-refractivity contribution in [1.29, 1.82) is 0 Å². The molecule has 0 radical (unpaired) electrons. The predicted molar refractivity (Wildman–Crippen MR) is 96.5 cm³/mol. The first kappa shape index (κ1) is 18.1. The van der Waals surface area contributed by atoms with Crippen molar-refractivity contribution in [2.75, 3.05) is 25.6 Å². The van der Waals surface area contributed by atoms with Crippen LogP contribution in [0.15, 0.2) is 47.6 Å². The Balaban J connectivity index is 1.93. The van der Waals surface area contributed by atoms with Crippen LogP contribution in [0.4, 0.5) is 5.69 Å². The number of carbonyl (C=O) groups is 1. The van der Waals surface area contributed by atoms with Gasteiger partial charge in [-0.2, -0.15) is 5.10 Å². The number of carbonyl (C=O) groups excluding carboxylic acids is 1. The molecule has 0 heterocycles. The van der Waals surface area contributed by atoms with E-state index in [0.29, 0.717) is 23.8 Å². The van der Waals surface area contributed by atoms with Crippen molar-refractivity contribution in [1.82, 2.24) is 0 Å². The Bertz CT molecular complexity index is 730. The lowest BCUT2D eigenvalue weighted by Crippen LogP contribution is -2.20. The fourth-order valence-electron chi connectivity index (χ4n) is 2.11. The van der Waals surface area contributed by atoms with Gasteiger partial charge in [0.2, 0.25) is 0 Å². The number of benzene rings is 2. The van der Waals surface area contributed by atoms with Gasteiger partial charge in [-0.05, 0) is 55.0 Å². The van der Waals surface area contributed by atoms with Gasteiger partial charge in [-0.25, -0.2) is 0 Å². The average molecular weight is 343 g/mol.